The summed E-state index contributed by atoms with van der Waals surface area (Å²) in [5, 5.41) is 6.41. The fraction of sp³-hybridized carbons (Fsp3) is 0.500. The summed E-state index contributed by atoms with van der Waals surface area (Å²) < 4.78 is 0. The summed E-state index contributed by atoms with van der Waals surface area (Å²) in [7, 11) is 0. The molecule has 0 bridgehead atoms. The van der Waals surface area contributed by atoms with Crippen LogP contribution in [0.4, 0.5) is 0 Å². The smallest absolute Gasteiger partial charge is 0.224 e. The number of carbonyl (C=O) groups is 1. The molecule has 1 aliphatic rings. The van der Waals surface area contributed by atoms with Crippen molar-refractivity contribution in [1.82, 2.24) is 10.6 Å². The molecule has 0 atom stereocenters. The highest BCUT2D eigenvalue weighted by Crippen LogP contribution is 2.08. The summed E-state index contributed by atoms with van der Waals surface area (Å²) in [6.07, 6.45) is 2.58. The van der Waals surface area contributed by atoms with E-state index in [1.165, 1.54) is 5.56 Å². The maximum atomic E-state index is 11.9. The minimum absolute atomic E-state index is 0.145. The molecule has 1 aromatic rings. The first kappa shape index (κ1) is 12.1. The van der Waals surface area contributed by atoms with Crippen LogP contribution in [-0.2, 0) is 11.2 Å². The number of hydrogen-bond donors (Lipinski definition) is 2. The molecular formula is C14H20N2O. The first-order valence-electron chi connectivity index (χ1n) is 6.30. The van der Waals surface area contributed by atoms with Gasteiger partial charge >= 0.3 is 0 Å². The van der Waals surface area contributed by atoms with Crippen molar-refractivity contribution in [3.63, 3.8) is 0 Å². The summed E-state index contributed by atoms with van der Waals surface area (Å²) in [5.74, 6) is 0.145. The van der Waals surface area contributed by atoms with Gasteiger partial charge in [-0.2, -0.15) is 0 Å². The molecule has 1 amide bonds. The predicted octanol–water partition coefficient (Wildman–Crippen LogP) is 1.41. The second kappa shape index (κ2) is 5.82. The van der Waals surface area contributed by atoms with Crippen LogP contribution in [-0.4, -0.2) is 25.0 Å². The molecule has 2 rings (SSSR count). The van der Waals surface area contributed by atoms with Gasteiger partial charge in [-0.15, -0.1) is 0 Å². The molecule has 3 nitrogen and oxygen atoms in total. The minimum Gasteiger partial charge on any atom is -0.353 e. The van der Waals surface area contributed by atoms with Gasteiger partial charge in [-0.05, 0) is 44.0 Å². The monoisotopic (exact) mass is 232 g/mol. The Bertz CT molecular complexity index is 384. The number of rotatable bonds is 3. The molecule has 17 heavy (non-hydrogen) atoms. The molecule has 0 unspecified atom stereocenters. The van der Waals surface area contributed by atoms with E-state index in [0.717, 1.165) is 31.5 Å². The summed E-state index contributed by atoms with van der Waals surface area (Å²) in [5.41, 5.74) is 2.31. The van der Waals surface area contributed by atoms with Crippen LogP contribution in [0, 0.1) is 6.92 Å². The van der Waals surface area contributed by atoms with E-state index in [4.69, 9.17) is 0 Å². The van der Waals surface area contributed by atoms with Gasteiger partial charge in [0.15, 0.2) is 0 Å². The van der Waals surface area contributed by atoms with Gasteiger partial charge in [0.2, 0.25) is 5.91 Å². The fourth-order valence-electron chi connectivity index (χ4n) is 2.23. The zero-order chi connectivity index (χ0) is 12.1. The zero-order valence-corrected chi connectivity index (χ0v) is 10.3. The fourth-order valence-corrected chi connectivity index (χ4v) is 2.23. The van der Waals surface area contributed by atoms with Crippen molar-refractivity contribution in [1.29, 1.82) is 0 Å². The van der Waals surface area contributed by atoms with Gasteiger partial charge in [-0.3, -0.25) is 4.79 Å². The normalized spacial score (nSPS) is 16.8. The van der Waals surface area contributed by atoms with E-state index in [9.17, 15) is 4.79 Å². The summed E-state index contributed by atoms with van der Waals surface area (Å²) in [4.78, 5) is 11.9. The maximum Gasteiger partial charge on any atom is 0.224 e. The maximum absolute atomic E-state index is 11.9. The van der Waals surface area contributed by atoms with Crippen LogP contribution < -0.4 is 10.6 Å². The molecule has 3 heteroatoms. The Hall–Kier alpha value is -1.35. The number of amides is 1. The first-order valence-corrected chi connectivity index (χ1v) is 6.30. The molecule has 2 N–H and O–H groups in total. The van der Waals surface area contributed by atoms with Gasteiger partial charge in [-0.25, -0.2) is 0 Å². The van der Waals surface area contributed by atoms with Crippen molar-refractivity contribution in [3.05, 3.63) is 35.4 Å². The van der Waals surface area contributed by atoms with Crippen LogP contribution in [0.1, 0.15) is 24.0 Å². The van der Waals surface area contributed by atoms with Crippen LogP contribution in [0.25, 0.3) is 0 Å². The van der Waals surface area contributed by atoms with E-state index in [-0.39, 0.29) is 5.91 Å². The van der Waals surface area contributed by atoms with Crippen LogP contribution >= 0.6 is 0 Å². The van der Waals surface area contributed by atoms with Crippen molar-refractivity contribution < 1.29 is 4.79 Å². The minimum atomic E-state index is 0.145. The molecule has 0 aromatic heterocycles. The third-order valence-electron chi connectivity index (χ3n) is 3.32. The van der Waals surface area contributed by atoms with Gasteiger partial charge in [0, 0.05) is 6.04 Å². The average Bonchev–Trinajstić information content (AvgIpc) is 2.33. The molecule has 1 saturated heterocycles. The largest absolute Gasteiger partial charge is 0.353 e. The highest BCUT2D eigenvalue weighted by atomic mass is 16.1. The second-order valence-electron chi connectivity index (χ2n) is 4.70. The standard InChI is InChI=1S/C14H20N2O/c1-11-4-2-3-5-12(11)10-14(17)16-13-6-8-15-9-7-13/h2-5,13,15H,6-10H2,1H3,(H,16,17). The van der Waals surface area contributed by atoms with Gasteiger partial charge in [0.25, 0.3) is 0 Å². The molecule has 1 heterocycles. The first-order chi connectivity index (χ1) is 8.25. The van der Waals surface area contributed by atoms with Crippen LogP contribution in [0.15, 0.2) is 24.3 Å². The molecule has 0 spiro atoms. The third-order valence-corrected chi connectivity index (χ3v) is 3.32. The quantitative estimate of drug-likeness (QED) is 0.827. The Morgan fingerprint density at radius 3 is 2.76 bits per heavy atom. The number of aryl methyl sites for hydroxylation is 1. The lowest BCUT2D eigenvalue weighted by Crippen LogP contribution is -2.43. The lowest BCUT2D eigenvalue weighted by molar-refractivity contribution is -0.121. The van der Waals surface area contributed by atoms with E-state index in [0.29, 0.717) is 12.5 Å². The Labute approximate surface area is 103 Å². The molecule has 0 saturated carbocycles. The zero-order valence-electron chi connectivity index (χ0n) is 10.3. The average molecular weight is 232 g/mol. The Balaban J connectivity index is 1.86. The second-order valence-corrected chi connectivity index (χ2v) is 4.70. The summed E-state index contributed by atoms with van der Waals surface area (Å²) in [6.45, 7) is 4.07. The molecule has 1 aromatic carbocycles. The molecule has 1 aliphatic heterocycles. The van der Waals surface area contributed by atoms with Crippen molar-refractivity contribution in [3.8, 4) is 0 Å². The molecule has 1 fully saturated rings. The van der Waals surface area contributed by atoms with Crippen LogP contribution in [0.2, 0.25) is 0 Å². The van der Waals surface area contributed by atoms with Crippen molar-refractivity contribution in [2.24, 2.45) is 0 Å². The number of nitrogens with one attached hydrogen (secondary N) is 2. The van der Waals surface area contributed by atoms with Gasteiger partial charge < -0.3 is 10.6 Å². The predicted molar refractivity (Wildman–Crippen MR) is 68.9 cm³/mol. The highest BCUT2D eigenvalue weighted by molar-refractivity contribution is 5.79. The topological polar surface area (TPSA) is 41.1 Å². The molecular weight excluding hydrogens is 212 g/mol. The summed E-state index contributed by atoms with van der Waals surface area (Å²) in [6, 6.07) is 8.42. The van der Waals surface area contributed by atoms with Crippen molar-refractivity contribution in [2.45, 2.75) is 32.2 Å². The number of hydrogen-bond acceptors (Lipinski definition) is 2. The van der Waals surface area contributed by atoms with Crippen molar-refractivity contribution >= 4 is 5.91 Å². The molecule has 0 radical (unpaired) electrons. The highest BCUT2D eigenvalue weighted by Gasteiger charge is 2.15. The van der Waals surface area contributed by atoms with E-state index >= 15 is 0 Å². The Morgan fingerprint density at radius 2 is 2.06 bits per heavy atom. The van der Waals surface area contributed by atoms with Crippen LogP contribution in [0.3, 0.4) is 0 Å². The third kappa shape index (κ3) is 3.56. The molecule has 0 aliphatic carbocycles. The Kier molecular flexibility index (Phi) is 4.15. The Morgan fingerprint density at radius 1 is 1.35 bits per heavy atom. The van der Waals surface area contributed by atoms with E-state index in [1.54, 1.807) is 0 Å². The number of benzene rings is 1. The molecule has 92 valence electrons. The number of carbonyl (C=O) groups excluding carboxylic acids is 1. The summed E-state index contributed by atoms with van der Waals surface area (Å²) >= 11 is 0. The van der Waals surface area contributed by atoms with Gasteiger partial charge in [0.05, 0.1) is 6.42 Å². The van der Waals surface area contributed by atoms with Crippen LogP contribution in [0.5, 0.6) is 0 Å². The number of piperidine rings is 1. The SMILES string of the molecule is Cc1ccccc1CC(=O)NC1CCNCC1. The van der Waals surface area contributed by atoms with E-state index in [1.807, 2.05) is 31.2 Å². The van der Waals surface area contributed by atoms with Gasteiger partial charge in [0.1, 0.15) is 0 Å². The lowest BCUT2D eigenvalue weighted by atomic mass is 10.0. The van der Waals surface area contributed by atoms with E-state index in [2.05, 4.69) is 10.6 Å². The van der Waals surface area contributed by atoms with E-state index < -0.39 is 0 Å². The lowest BCUT2D eigenvalue weighted by Gasteiger charge is -2.23. The van der Waals surface area contributed by atoms with Crippen molar-refractivity contribution in [2.75, 3.05) is 13.1 Å². The van der Waals surface area contributed by atoms with Gasteiger partial charge in [-0.1, -0.05) is 24.3 Å².